The predicted molar refractivity (Wildman–Crippen MR) is 39.5 cm³/mol. The third kappa shape index (κ3) is 7.21. The van der Waals surface area contributed by atoms with Crippen molar-refractivity contribution in [2.24, 2.45) is 5.16 Å². The Morgan fingerprint density at radius 1 is 1.56 bits per heavy atom. The second-order valence-corrected chi connectivity index (χ2v) is 1.90. The normalized spacial score (nSPS) is 9.67. The van der Waals surface area contributed by atoms with Crippen LogP contribution >= 0.6 is 0 Å². The maximum Gasteiger partial charge on any atom is 0.135 e. The lowest BCUT2D eigenvalue weighted by Crippen LogP contribution is -1.86. The molecule has 0 unspecified atom stereocenters. The maximum atomic E-state index is 4.84. The van der Waals surface area contributed by atoms with Crippen molar-refractivity contribution in [3.8, 4) is 0 Å². The smallest absolute Gasteiger partial charge is 0.135 e. The summed E-state index contributed by atoms with van der Waals surface area (Å²) in [5.41, 5.74) is 0.944. The van der Waals surface area contributed by atoms with Crippen LogP contribution in [0.5, 0.6) is 0 Å². The zero-order valence-electron chi connectivity index (χ0n) is 6.22. The van der Waals surface area contributed by atoms with Gasteiger partial charge in [-0.05, 0) is 26.8 Å². The lowest BCUT2D eigenvalue weighted by Gasteiger charge is -1.91. The molecule has 0 amide bonds. The molecular formula is C7H13NO. The van der Waals surface area contributed by atoms with Crippen molar-refractivity contribution in [2.45, 2.75) is 20.8 Å². The lowest BCUT2D eigenvalue weighted by atomic mass is 10.5. The van der Waals surface area contributed by atoms with Crippen LogP contribution < -0.4 is 0 Å². The summed E-state index contributed by atoms with van der Waals surface area (Å²) >= 11 is 0. The Hall–Kier alpha value is -0.790. The summed E-state index contributed by atoms with van der Waals surface area (Å²) in [5, 5.41) is 3.73. The van der Waals surface area contributed by atoms with Gasteiger partial charge in [0.2, 0.25) is 0 Å². The Balaban J connectivity index is 3.20. The molecule has 0 rings (SSSR count). The molecule has 0 spiro atoms. The van der Waals surface area contributed by atoms with Crippen LogP contribution in [0.25, 0.3) is 0 Å². The molecule has 0 aliphatic carbocycles. The first kappa shape index (κ1) is 8.21. The zero-order valence-corrected chi connectivity index (χ0v) is 6.22. The second kappa shape index (κ2) is 5.35. The van der Waals surface area contributed by atoms with Crippen LogP contribution in [0.3, 0.4) is 0 Å². The highest BCUT2D eigenvalue weighted by atomic mass is 16.6. The summed E-state index contributed by atoms with van der Waals surface area (Å²) in [5.74, 6) is 0. The minimum absolute atomic E-state index is 0.571. The standard InChI is InChI=1S/C7H13NO/c1-4-5-6-9-8-7(2)3/h4-5H,6H2,1-3H3/b5-4+. The quantitative estimate of drug-likeness (QED) is 0.246. The van der Waals surface area contributed by atoms with Gasteiger partial charge in [-0.2, -0.15) is 0 Å². The van der Waals surface area contributed by atoms with E-state index < -0.39 is 0 Å². The monoisotopic (exact) mass is 127 g/mol. The van der Waals surface area contributed by atoms with Gasteiger partial charge in [-0.15, -0.1) is 0 Å². The molecule has 0 aliphatic rings. The summed E-state index contributed by atoms with van der Waals surface area (Å²) in [6.45, 7) is 6.32. The molecule has 0 bridgehead atoms. The van der Waals surface area contributed by atoms with E-state index in [4.69, 9.17) is 4.84 Å². The molecular weight excluding hydrogens is 114 g/mol. The SMILES string of the molecule is C/C=C/CON=C(C)C. The average molecular weight is 127 g/mol. The van der Waals surface area contributed by atoms with Gasteiger partial charge in [0.15, 0.2) is 0 Å². The molecule has 0 saturated heterocycles. The van der Waals surface area contributed by atoms with Crippen LogP contribution in [0.15, 0.2) is 17.3 Å². The number of allylic oxidation sites excluding steroid dienone is 1. The van der Waals surface area contributed by atoms with E-state index in [1.54, 1.807) is 0 Å². The number of rotatable bonds is 3. The minimum Gasteiger partial charge on any atom is -0.392 e. The maximum absolute atomic E-state index is 4.84. The lowest BCUT2D eigenvalue weighted by molar-refractivity contribution is 0.174. The Morgan fingerprint density at radius 2 is 2.22 bits per heavy atom. The highest BCUT2D eigenvalue weighted by molar-refractivity contribution is 5.78. The van der Waals surface area contributed by atoms with Gasteiger partial charge in [-0.3, -0.25) is 0 Å². The summed E-state index contributed by atoms with van der Waals surface area (Å²) in [7, 11) is 0. The summed E-state index contributed by atoms with van der Waals surface area (Å²) < 4.78 is 0. The molecule has 0 aromatic rings. The molecule has 0 heterocycles. The molecule has 52 valence electrons. The molecule has 0 aromatic heterocycles. The van der Waals surface area contributed by atoms with E-state index in [0.717, 1.165) is 5.71 Å². The molecule has 9 heavy (non-hydrogen) atoms. The molecule has 2 nitrogen and oxygen atoms in total. The van der Waals surface area contributed by atoms with E-state index >= 15 is 0 Å². The van der Waals surface area contributed by atoms with Crippen molar-refractivity contribution in [3.63, 3.8) is 0 Å². The van der Waals surface area contributed by atoms with Crippen LogP contribution in [0.1, 0.15) is 20.8 Å². The molecule has 0 aliphatic heterocycles. The first-order valence-corrected chi connectivity index (χ1v) is 3.01. The molecule has 2 heteroatoms. The van der Waals surface area contributed by atoms with Crippen molar-refractivity contribution in [2.75, 3.05) is 6.61 Å². The van der Waals surface area contributed by atoms with Gasteiger partial charge in [0.05, 0.1) is 5.71 Å². The Bertz CT molecular complexity index is 112. The summed E-state index contributed by atoms with van der Waals surface area (Å²) in [4.78, 5) is 4.84. The van der Waals surface area contributed by atoms with E-state index in [-0.39, 0.29) is 0 Å². The minimum atomic E-state index is 0.571. The van der Waals surface area contributed by atoms with Gasteiger partial charge in [0.1, 0.15) is 6.61 Å². The number of hydrogen-bond acceptors (Lipinski definition) is 2. The summed E-state index contributed by atoms with van der Waals surface area (Å²) in [6.07, 6.45) is 3.84. The molecule has 0 radical (unpaired) electrons. The average Bonchev–Trinajstić information content (AvgIpc) is 1.80. The first-order valence-electron chi connectivity index (χ1n) is 3.01. The Kier molecular flexibility index (Phi) is 4.88. The number of oxime groups is 1. The number of nitrogens with zero attached hydrogens (tertiary/aromatic N) is 1. The largest absolute Gasteiger partial charge is 0.392 e. The molecule has 0 N–H and O–H groups in total. The van der Waals surface area contributed by atoms with Gasteiger partial charge in [0, 0.05) is 0 Å². The van der Waals surface area contributed by atoms with Crippen LogP contribution in [0.4, 0.5) is 0 Å². The molecule has 0 saturated carbocycles. The van der Waals surface area contributed by atoms with Crippen molar-refractivity contribution >= 4 is 5.71 Å². The van der Waals surface area contributed by atoms with Gasteiger partial charge >= 0.3 is 0 Å². The van der Waals surface area contributed by atoms with Crippen molar-refractivity contribution in [3.05, 3.63) is 12.2 Å². The van der Waals surface area contributed by atoms with Gasteiger partial charge < -0.3 is 4.84 Å². The van der Waals surface area contributed by atoms with Gasteiger partial charge in [0.25, 0.3) is 0 Å². The zero-order chi connectivity index (χ0) is 7.11. The second-order valence-electron chi connectivity index (χ2n) is 1.90. The van der Waals surface area contributed by atoms with Crippen molar-refractivity contribution in [1.82, 2.24) is 0 Å². The predicted octanol–water partition coefficient (Wildman–Crippen LogP) is 1.97. The Morgan fingerprint density at radius 3 is 2.67 bits per heavy atom. The van der Waals surface area contributed by atoms with Crippen LogP contribution in [-0.4, -0.2) is 12.3 Å². The van der Waals surface area contributed by atoms with Gasteiger partial charge in [-0.25, -0.2) is 0 Å². The highest BCUT2D eigenvalue weighted by Gasteiger charge is 1.75. The van der Waals surface area contributed by atoms with Crippen molar-refractivity contribution in [1.29, 1.82) is 0 Å². The van der Waals surface area contributed by atoms with Gasteiger partial charge in [-0.1, -0.05) is 11.2 Å². The van der Waals surface area contributed by atoms with Crippen LogP contribution in [0, 0.1) is 0 Å². The van der Waals surface area contributed by atoms with E-state index in [9.17, 15) is 0 Å². The van der Waals surface area contributed by atoms with E-state index in [1.165, 1.54) is 0 Å². The van der Waals surface area contributed by atoms with E-state index in [0.29, 0.717) is 6.61 Å². The fourth-order valence-corrected chi connectivity index (χ4v) is 0.306. The topological polar surface area (TPSA) is 21.6 Å². The molecule has 0 atom stereocenters. The van der Waals surface area contributed by atoms with Crippen LogP contribution in [0.2, 0.25) is 0 Å². The van der Waals surface area contributed by atoms with Crippen molar-refractivity contribution < 1.29 is 4.84 Å². The van der Waals surface area contributed by atoms with Crippen LogP contribution in [-0.2, 0) is 4.84 Å². The molecule has 0 fully saturated rings. The van der Waals surface area contributed by atoms with E-state index in [2.05, 4.69) is 5.16 Å². The number of hydrogen-bond donors (Lipinski definition) is 0. The third-order valence-corrected chi connectivity index (χ3v) is 0.654. The summed E-state index contributed by atoms with van der Waals surface area (Å²) in [6, 6.07) is 0. The molecule has 0 aromatic carbocycles. The first-order chi connectivity index (χ1) is 4.27. The Labute approximate surface area is 56.2 Å². The highest BCUT2D eigenvalue weighted by Crippen LogP contribution is 1.80. The van der Waals surface area contributed by atoms with E-state index in [1.807, 2.05) is 32.9 Å². The fraction of sp³-hybridized carbons (Fsp3) is 0.571. The third-order valence-electron chi connectivity index (χ3n) is 0.654. The fourth-order valence-electron chi connectivity index (χ4n) is 0.306.